The number of fused-ring (bicyclic) bond motifs is 12. The van der Waals surface area contributed by atoms with Crippen LogP contribution >= 0.6 is 0 Å². The Morgan fingerprint density at radius 3 is 1.93 bits per heavy atom. The van der Waals surface area contributed by atoms with E-state index in [9.17, 15) is 0 Å². The van der Waals surface area contributed by atoms with Crippen molar-refractivity contribution in [2.24, 2.45) is 0 Å². The van der Waals surface area contributed by atoms with Crippen LogP contribution in [0.3, 0.4) is 0 Å². The van der Waals surface area contributed by atoms with Crippen LogP contribution in [0.15, 0.2) is 146 Å². The van der Waals surface area contributed by atoms with Gasteiger partial charge in [-0.15, -0.1) is 12.1 Å². The number of rotatable bonds is 5. The molecule has 0 aliphatic rings. The number of para-hydroxylation sites is 1. The maximum atomic E-state index is 6.66. The number of benzene rings is 6. The molecular weight excluding hydrogens is 793 g/mol. The molecule has 0 aliphatic heterocycles. The van der Waals surface area contributed by atoms with Gasteiger partial charge in [-0.05, 0) is 61.0 Å². The summed E-state index contributed by atoms with van der Waals surface area (Å²) in [6, 6.07) is 53.3. The Labute approximate surface area is 342 Å². The van der Waals surface area contributed by atoms with E-state index >= 15 is 0 Å². The summed E-state index contributed by atoms with van der Waals surface area (Å²) in [7, 11) is 0. The van der Waals surface area contributed by atoms with Gasteiger partial charge in [0.05, 0.1) is 39.4 Å². The Hall–Kier alpha value is -6.65. The average molecular weight is 826 g/mol. The van der Waals surface area contributed by atoms with Crippen molar-refractivity contribution in [3.05, 3.63) is 175 Å². The van der Waals surface area contributed by atoms with Crippen molar-refractivity contribution in [2.75, 3.05) is 0 Å². The van der Waals surface area contributed by atoms with Gasteiger partial charge in [-0.2, -0.15) is 0 Å². The van der Waals surface area contributed by atoms with E-state index in [0.717, 1.165) is 83.0 Å². The monoisotopic (exact) mass is 825 g/mol. The first-order valence-corrected chi connectivity index (χ1v) is 18.8. The molecule has 0 unspecified atom stereocenters. The molecule has 0 bridgehead atoms. The molecule has 57 heavy (non-hydrogen) atoms. The molecule has 7 heteroatoms. The van der Waals surface area contributed by atoms with E-state index in [1.165, 1.54) is 22.3 Å². The molecule has 0 saturated heterocycles. The number of aromatic nitrogens is 5. The van der Waals surface area contributed by atoms with Crippen molar-refractivity contribution in [3.63, 3.8) is 0 Å². The summed E-state index contributed by atoms with van der Waals surface area (Å²) in [4.78, 5) is 15.3. The van der Waals surface area contributed by atoms with E-state index in [0.29, 0.717) is 11.5 Å². The van der Waals surface area contributed by atoms with Crippen molar-refractivity contribution in [2.45, 2.75) is 20.8 Å². The van der Waals surface area contributed by atoms with E-state index in [1.807, 2.05) is 42.7 Å². The van der Waals surface area contributed by atoms with Crippen molar-refractivity contribution >= 4 is 54.8 Å². The van der Waals surface area contributed by atoms with Crippen LogP contribution in [0, 0.1) is 32.9 Å². The smallest absolute Gasteiger partial charge is 0.497 e. The first-order chi connectivity index (χ1) is 27.5. The van der Waals surface area contributed by atoms with Gasteiger partial charge in [0, 0.05) is 40.5 Å². The molecular formula is C50H33N5OPd. The minimum atomic E-state index is 0. The zero-order chi connectivity index (χ0) is 37.5. The Balaban J connectivity index is 0.00000396. The van der Waals surface area contributed by atoms with Gasteiger partial charge in [0.2, 0.25) is 0 Å². The van der Waals surface area contributed by atoms with E-state index < -0.39 is 0 Å². The van der Waals surface area contributed by atoms with E-state index in [1.54, 1.807) is 0 Å². The largest absolute Gasteiger partial charge is 2.00 e. The Kier molecular flexibility index (Phi) is 8.26. The van der Waals surface area contributed by atoms with Crippen LogP contribution in [0.5, 0.6) is 11.5 Å². The minimum Gasteiger partial charge on any atom is -0.497 e. The fourth-order valence-electron chi connectivity index (χ4n) is 8.66. The molecule has 5 heterocycles. The summed E-state index contributed by atoms with van der Waals surface area (Å²) < 4.78 is 11.2. The number of hydrogen-bond acceptors (Lipinski definition) is 4. The number of imidazole rings is 2. The Morgan fingerprint density at radius 2 is 1.19 bits per heavy atom. The van der Waals surface area contributed by atoms with Gasteiger partial charge >= 0.3 is 20.4 Å². The van der Waals surface area contributed by atoms with E-state index in [4.69, 9.17) is 19.7 Å². The quantitative estimate of drug-likeness (QED) is 0.0985. The second kappa shape index (κ2) is 13.5. The van der Waals surface area contributed by atoms with E-state index in [-0.39, 0.29) is 20.4 Å². The van der Waals surface area contributed by atoms with Crippen LogP contribution in [-0.4, -0.2) is 23.8 Å². The van der Waals surface area contributed by atoms with Crippen molar-refractivity contribution in [1.29, 1.82) is 0 Å². The minimum absolute atomic E-state index is 0. The summed E-state index contributed by atoms with van der Waals surface area (Å²) in [6.45, 7) is 6.47. The van der Waals surface area contributed by atoms with Gasteiger partial charge in [0.25, 0.3) is 0 Å². The molecule has 0 fully saturated rings. The van der Waals surface area contributed by atoms with Gasteiger partial charge in [-0.1, -0.05) is 142 Å². The van der Waals surface area contributed by atoms with Gasteiger partial charge in [-0.3, -0.25) is 15.0 Å². The van der Waals surface area contributed by atoms with Crippen molar-refractivity contribution in [3.8, 4) is 45.3 Å². The third kappa shape index (κ3) is 5.46. The molecule has 0 amide bonds. The number of ether oxygens (including phenoxy) is 1. The molecule has 0 aliphatic carbocycles. The van der Waals surface area contributed by atoms with Gasteiger partial charge < -0.3 is 13.5 Å². The fourth-order valence-corrected chi connectivity index (χ4v) is 8.66. The normalized spacial score (nSPS) is 11.6. The van der Waals surface area contributed by atoms with Crippen LogP contribution in [0.1, 0.15) is 16.7 Å². The van der Waals surface area contributed by atoms with Crippen LogP contribution in [0.2, 0.25) is 0 Å². The topological polar surface area (TPSA) is 56.7 Å². The molecule has 274 valence electrons. The number of hydrogen-bond donors (Lipinski definition) is 0. The maximum absolute atomic E-state index is 6.66. The Morgan fingerprint density at radius 1 is 0.561 bits per heavy atom. The maximum Gasteiger partial charge on any atom is 2.00 e. The second-order valence-corrected chi connectivity index (χ2v) is 14.5. The summed E-state index contributed by atoms with van der Waals surface area (Å²) in [6.07, 6.45) is 3.81. The third-order valence-corrected chi connectivity index (χ3v) is 10.9. The van der Waals surface area contributed by atoms with E-state index in [2.05, 4.69) is 145 Å². The predicted molar refractivity (Wildman–Crippen MR) is 226 cm³/mol. The SMILES string of the molecule is Cc1cc(C)c(-c2cnc3c4[c-]c(Oc5[c-]c6c(cc5)c5ccccc5n5c(-c7ccccc7)c(-c7ccccc7)nc65)ccc4c4ncccc4n23)c(C)c1.[Pd+2]. The van der Waals surface area contributed by atoms with Crippen LogP contribution in [0.4, 0.5) is 0 Å². The standard InChI is InChI=1S/C50H33N5O.Pd/c1-30-25-31(2)45(32(3)26-30)44-29-52-49-41-28-36(21-23-39(41)47-43(54(44)49)19-12-24-51-47)56-35-20-22-37-38-17-10-11-18-42(38)55-48(34-15-8-5-9-16-34)46(33-13-6-4-7-14-33)53-50(55)40(37)27-35;/h4-26,29H,1-3H3;/q-2;+2. The zero-order valence-electron chi connectivity index (χ0n) is 31.3. The first-order valence-electron chi connectivity index (χ1n) is 18.8. The molecule has 6 nitrogen and oxygen atoms in total. The molecule has 11 rings (SSSR count). The summed E-state index contributed by atoms with van der Waals surface area (Å²) in [5.74, 6) is 1.13. The van der Waals surface area contributed by atoms with Gasteiger partial charge in [0.1, 0.15) is 0 Å². The third-order valence-electron chi connectivity index (χ3n) is 10.9. The van der Waals surface area contributed by atoms with Crippen molar-refractivity contribution in [1.82, 2.24) is 23.8 Å². The predicted octanol–water partition coefficient (Wildman–Crippen LogP) is 12.3. The van der Waals surface area contributed by atoms with Crippen molar-refractivity contribution < 1.29 is 25.2 Å². The number of pyridine rings is 3. The molecule has 0 atom stereocenters. The van der Waals surface area contributed by atoms with Crippen LogP contribution in [-0.2, 0) is 20.4 Å². The molecule has 0 spiro atoms. The fraction of sp³-hybridized carbons (Fsp3) is 0.0600. The first kappa shape index (κ1) is 34.8. The molecule has 5 aromatic heterocycles. The molecule has 11 aromatic rings. The molecule has 0 N–H and O–H groups in total. The van der Waals surface area contributed by atoms with Crippen LogP contribution < -0.4 is 4.74 Å². The zero-order valence-corrected chi connectivity index (χ0v) is 32.9. The second-order valence-electron chi connectivity index (χ2n) is 14.5. The van der Waals surface area contributed by atoms with Gasteiger partial charge in [0.15, 0.2) is 0 Å². The van der Waals surface area contributed by atoms with Gasteiger partial charge in [-0.25, -0.2) is 0 Å². The number of nitrogens with zero attached hydrogens (tertiary/aromatic N) is 5. The Bertz CT molecular complexity index is 3350. The molecule has 0 saturated carbocycles. The average Bonchev–Trinajstić information content (AvgIpc) is 3.85. The summed E-state index contributed by atoms with van der Waals surface area (Å²) in [5.41, 5.74) is 14.5. The summed E-state index contributed by atoms with van der Waals surface area (Å²) >= 11 is 0. The molecule has 6 aromatic carbocycles. The number of aryl methyl sites for hydroxylation is 3. The summed E-state index contributed by atoms with van der Waals surface area (Å²) in [5, 5.41) is 4.84. The van der Waals surface area contributed by atoms with Crippen LogP contribution in [0.25, 0.3) is 88.5 Å². The molecule has 0 radical (unpaired) electrons.